The molecule has 0 aromatic heterocycles. The van der Waals surface area contributed by atoms with Gasteiger partial charge in [-0.25, -0.2) is 0 Å². The summed E-state index contributed by atoms with van der Waals surface area (Å²) in [4.78, 5) is 10.0. The molecule has 0 aromatic rings. The number of aliphatic carboxylic acids is 1. The topological polar surface area (TPSA) is 49.3 Å². The third-order valence-corrected chi connectivity index (χ3v) is 2.91. The van der Waals surface area contributed by atoms with Crippen LogP contribution < -0.4 is 5.32 Å². The standard InChI is InChI=1S/C8H19N.C8H16O2/c1-3-5-7-9-8-6-4-2;1-2-3-4-5-6-7-8(9)10/h9H,3-8H2,1-2H3;2-7H2,1H3,(H,9,10). The lowest BCUT2D eigenvalue weighted by molar-refractivity contribution is -0.137. The van der Waals surface area contributed by atoms with E-state index in [9.17, 15) is 4.79 Å². The van der Waals surface area contributed by atoms with Crippen molar-refractivity contribution >= 4 is 5.97 Å². The van der Waals surface area contributed by atoms with Gasteiger partial charge in [-0.2, -0.15) is 0 Å². The molecule has 0 spiro atoms. The highest BCUT2D eigenvalue weighted by Crippen LogP contribution is 2.04. The summed E-state index contributed by atoms with van der Waals surface area (Å²) in [6.07, 6.45) is 11.1. The minimum atomic E-state index is -0.670. The molecular weight excluding hydrogens is 238 g/mol. The summed E-state index contributed by atoms with van der Waals surface area (Å²) in [5.41, 5.74) is 0. The molecule has 0 heterocycles. The average molecular weight is 273 g/mol. The van der Waals surface area contributed by atoms with Crippen molar-refractivity contribution in [1.29, 1.82) is 0 Å². The molecule has 0 bridgehead atoms. The Morgan fingerprint density at radius 3 is 1.68 bits per heavy atom. The van der Waals surface area contributed by atoms with Crippen molar-refractivity contribution in [1.82, 2.24) is 5.32 Å². The first-order chi connectivity index (χ1) is 9.18. The zero-order valence-corrected chi connectivity index (χ0v) is 13.3. The van der Waals surface area contributed by atoms with Gasteiger partial charge in [0.05, 0.1) is 0 Å². The highest BCUT2D eigenvalue weighted by atomic mass is 16.4. The number of nitrogens with one attached hydrogen (secondary N) is 1. The van der Waals surface area contributed by atoms with Crippen LogP contribution in [0.5, 0.6) is 0 Å². The van der Waals surface area contributed by atoms with Crippen LogP contribution in [0.1, 0.15) is 85.0 Å². The van der Waals surface area contributed by atoms with E-state index in [1.165, 1.54) is 58.0 Å². The zero-order valence-electron chi connectivity index (χ0n) is 13.3. The van der Waals surface area contributed by atoms with Crippen molar-refractivity contribution < 1.29 is 9.90 Å². The summed E-state index contributed by atoms with van der Waals surface area (Å²) < 4.78 is 0. The molecule has 0 aliphatic heterocycles. The Bertz CT molecular complexity index is 166. The molecule has 0 aliphatic carbocycles. The van der Waals surface area contributed by atoms with Crippen molar-refractivity contribution in [3.63, 3.8) is 0 Å². The Hall–Kier alpha value is -0.570. The van der Waals surface area contributed by atoms with Gasteiger partial charge in [-0.3, -0.25) is 4.79 Å². The molecule has 0 amide bonds. The second kappa shape index (κ2) is 19.8. The van der Waals surface area contributed by atoms with Gasteiger partial charge in [0, 0.05) is 6.42 Å². The Balaban J connectivity index is 0. The van der Waals surface area contributed by atoms with Crippen molar-refractivity contribution in [3.05, 3.63) is 0 Å². The Kier molecular flexibility index (Phi) is 21.6. The quantitative estimate of drug-likeness (QED) is 0.511. The number of unbranched alkanes of at least 4 members (excludes halogenated alkanes) is 6. The van der Waals surface area contributed by atoms with Crippen LogP contribution in [0, 0.1) is 0 Å². The van der Waals surface area contributed by atoms with Crippen molar-refractivity contribution in [2.24, 2.45) is 0 Å². The molecule has 0 saturated heterocycles. The predicted molar refractivity (Wildman–Crippen MR) is 83.7 cm³/mol. The fourth-order valence-electron chi connectivity index (χ4n) is 1.61. The van der Waals surface area contributed by atoms with E-state index < -0.39 is 5.97 Å². The van der Waals surface area contributed by atoms with Crippen molar-refractivity contribution in [3.8, 4) is 0 Å². The number of carbonyl (C=O) groups is 1. The lowest BCUT2D eigenvalue weighted by atomic mass is 10.1. The van der Waals surface area contributed by atoms with E-state index in [-0.39, 0.29) is 0 Å². The van der Waals surface area contributed by atoms with Crippen LogP contribution in [-0.4, -0.2) is 24.2 Å². The molecule has 0 radical (unpaired) electrons. The largest absolute Gasteiger partial charge is 0.481 e. The molecule has 3 nitrogen and oxygen atoms in total. The van der Waals surface area contributed by atoms with Gasteiger partial charge in [0.15, 0.2) is 0 Å². The molecule has 19 heavy (non-hydrogen) atoms. The molecule has 0 fully saturated rings. The highest BCUT2D eigenvalue weighted by molar-refractivity contribution is 5.66. The first kappa shape index (κ1) is 20.7. The maximum absolute atomic E-state index is 10.0. The van der Waals surface area contributed by atoms with Crippen LogP contribution in [-0.2, 0) is 4.79 Å². The van der Waals surface area contributed by atoms with Gasteiger partial charge in [0.1, 0.15) is 0 Å². The van der Waals surface area contributed by atoms with E-state index in [0.29, 0.717) is 6.42 Å². The second-order valence-corrected chi connectivity index (χ2v) is 5.02. The van der Waals surface area contributed by atoms with Gasteiger partial charge >= 0.3 is 5.97 Å². The second-order valence-electron chi connectivity index (χ2n) is 5.02. The number of carboxylic acids is 1. The Morgan fingerprint density at radius 2 is 1.26 bits per heavy atom. The third-order valence-electron chi connectivity index (χ3n) is 2.91. The van der Waals surface area contributed by atoms with Crippen molar-refractivity contribution in [2.45, 2.75) is 85.0 Å². The summed E-state index contributed by atoms with van der Waals surface area (Å²) in [5, 5.41) is 11.7. The molecule has 0 aromatic carbocycles. The number of hydrogen-bond donors (Lipinski definition) is 2. The Morgan fingerprint density at radius 1 is 0.789 bits per heavy atom. The van der Waals surface area contributed by atoms with E-state index in [0.717, 1.165) is 12.8 Å². The van der Waals surface area contributed by atoms with Crippen LogP contribution in [0.25, 0.3) is 0 Å². The maximum Gasteiger partial charge on any atom is 0.303 e. The van der Waals surface area contributed by atoms with Gasteiger partial charge in [0.2, 0.25) is 0 Å². The molecule has 0 aliphatic rings. The number of rotatable bonds is 12. The lowest BCUT2D eigenvalue weighted by Crippen LogP contribution is -2.15. The highest BCUT2D eigenvalue weighted by Gasteiger charge is 1.94. The predicted octanol–water partition coefficient (Wildman–Crippen LogP) is 4.61. The Labute approximate surface area is 120 Å². The van der Waals surface area contributed by atoms with Gasteiger partial charge < -0.3 is 10.4 Å². The molecule has 2 N–H and O–H groups in total. The van der Waals surface area contributed by atoms with E-state index >= 15 is 0 Å². The normalized spacial score (nSPS) is 9.84. The zero-order chi connectivity index (χ0) is 14.8. The maximum atomic E-state index is 10.0. The van der Waals surface area contributed by atoms with Crippen LogP contribution in [0.2, 0.25) is 0 Å². The molecule has 0 atom stereocenters. The minimum absolute atomic E-state index is 0.337. The summed E-state index contributed by atoms with van der Waals surface area (Å²) in [7, 11) is 0. The summed E-state index contributed by atoms with van der Waals surface area (Å²) in [6.45, 7) is 9.01. The fraction of sp³-hybridized carbons (Fsp3) is 0.938. The number of hydrogen-bond acceptors (Lipinski definition) is 2. The fourth-order valence-corrected chi connectivity index (χ4v) is 1.61. The molecule has 0 rings (SSSR count). The monoisotopic (exact) mass is 273 g/mol. The molecule has 3 heteroatoms. The smallest absolute Gasteiger partial charge is 0.303 e. The van der Waals surface area contributed by atoms with E-state index in [1.807, 2.05) is 0 Å². The van der Waals surface area contributed by atoms with Gasteiger partial charge in [-0.1, -0.05) is 59.3 Å². The lowest BCUT2D eigenvalue weighted by Gasteiger charge is -1.99. The first-order valence-electron chi connectivity index (χ1n) is 8.11. The number of carboxylic acid groups (broad SMARTS) is 1. The van der Waals surface area contributed by atoms with E-state index in [2.05, 4.69) is 26.1 Å². The average Bonchev–Trinajstić information content (AvgIpc) is 2.39. The van der Waals surface area contributed by atoms with Crippen LogP contribution in [0.4, 0.5) is 0 Å². The van der Waals surface area contributed by atoms with Gasteiger partial charge in [0.25, 0.3) is 0 Å². The molecule has 0 saturated carbocycles. The van der Waals surface area contributed by atoms with Crippen LogP contribution >= 0.6 is 0 Å². The summed E-state index contributed by atoms with van der Waals surface area (Å²) in [5.74, 6) is -0.670. The van der Waals surface area contributed by atoms with Crippen molar-refractivity contribution in [2.75, 3.05) is 13.1 Å². The first-order valence-corrected chi connectivity index (χ1v) is 8.11. The van der Waals surface area contributed by atoms with Gasteiger partial charge in [-0.15, -0.1) is 0 Å². The van der Waals surface area contributed by atoms with Crippen LogP contribution in [0.15, 0.2) is 0 Å². The molecule has 0 unspecified atom stereocenters. The SMILES string of the molecule is CCCCCCCC(=O)O.CCCCNCCCC. The summed E-state index contributed by atoms with van der Waals surface area (Å²) >= 11 is 0. The molecular formula is C16H35NO2. The van der Waals surface area contributed by atoms with Crippen LogP contribution in [0.3, 0.4) is 0 Å². The van der Waals surface area contributed by atoms with E-state index in [4.69, 9.17) is 5.11 Å². The summed E-state index contributed by atoms with van der Waals surface area (Å²) in [6, 6.07) is 0. The molecule has 116 valence electrons. The van der Waals surface area contributed by atoms with Gasteiger partial charge in [-0.05, 0) is 32.4 Å². The third kappa shape index (κ3) is 26.9. The minimum Gasteiger partial charge on any atom is -0.481 e. The van der Waals surface area contributed by atoms with E-state index in [1.54, 1.807) is 0 Å².